The summed E-state index contributed by atoms with van der Waals surface area (Å²) in [6, 6.07) is 20.4. The van der Waals surface area contributed by atoms with E-state index < -0.39 is 11.7 Å². The Kier molecular flexibility index (Phi) is 7.40. The first-order valence-corrected chi connectivity index (χ1v) is 11.5. The second kappa shape index (κ2) is 9.86. The molecule has 2 aromatic carbocycles. The highest BCUT2D eigenvalue weighted by Gasteiger charge is 2.52. The van der Waals surface area contributed by atoms with Crippen molar-refractivity contribution in [3.05, 3.63) is 71.8 Å². The third-order valence-electron chi connectivity index (χ3n) is 6.39. The van der Waals surface area contributed by atoms with Gasteiger partial charge in [0.1, 0.15) is 5.60 Å². The third-order valence-corrected chi connectivity index (χ3v) is 6.39. The summed E-state index contributed by atoms with van der Waals surface area (Å²) in [5.41, 5.74) is 1.70. The predicted molar refractivity (Wildman–Crippen MR) is 127 cm³/mol. The average molecular weight is 437 g/mol. The van der Waals surface area contributed by atoms with Gasteiger partial charge in [-0.1, -0.05) is 81.4 Å². The lowest BCUT2D eigenvalue weighted by molar-refractivity contribution is -0.135. The van der Waals surface area contributed by atoms with Crippen molar-refractivity contribution < 1.29 is 14.3 Å². The molecule has 0 radical (unpaired) electrons. The summed E-state index contributed by atoms with van der Waals surface area (Å²) >= 11 is 0. The first-order valence-electron chi connectivity index (χ1n) is 11.5. The van der Waals surface area contributed by atoms with Crippen LogP contribution in [0.4, 0.5) is 4.79 Å². The number of nitrogens with zero attached hydrogens (tertiary/aromatic N) is 2. The van der Waals surface area contributed by atoms with Crippen molar-refractivity contribution >= 4 is 12.0 Å². The summed E-state index contributed by atoms with van der Waals surface area (Å²) in [5.74, 6) is -0.415. The van der Waals surface area contributed by atoms with Gasteiger partial charge in [0, 0.05) is 25.0 Å². The second-order valence-electron chi connectivity index (χ2n) is 9.77. The minimum Gasteiger partial charge on any atom is -0.441 e. The van der Waals surface area contributed by atoms with E-state index in [4.69, 9.17) is 4.74 Å². The van der Waals surface area contributed by atoms with E-state index in [1.807, 2.05) is 71.0 Å². The molecule has 0 unspecified atom stereocenters. The van der Waals surface area contributed by atoms with Crippen LogP contribution in [-0.2, 0) is 16.1 Å². The molecule has 0 bridgehead atoms. The molecule has 1 heterocycles. The summed E-state index contributed by atoms with van der Waals surface area (Å²) < 4.78 is 5.58. The highest BCUT2D eigenvalue weighted by Crippen LogP contribution is 2.35. The van der Waals surface area contributed by atoms with Crippen LogP contribution < -0.4 is 0 Å². The smallest absolute Gasteiger partial charge is 0.417 e. The first-order chi connectivity index (χ1) is 15.1. The lowest BCUT2D eigenvalue weighted by Gasteiger charge is -2.35. The Hall–Kier alpha value is -2.66. The third kappa shape index (κ3) is 5.21. The maximum absolute atomic E-state index is 13.5. The van der Waals surface area contributed by atoms with Crippen molar-refractivity contribution in [1.29, 1.82) is 0 Å². The summed E-state index contributed by atoms with van der Waals surface area (Å²) in [5, 5.41) is 0. The van der Waals surface area contributed by atoms with Crippen LogP contribution in [-0.4, -0.2) is 40.0 Å². The monoisotopic (exact) mass is 436 g/mol. The fourth-order valence-electron chi connectivity index (χ4n) is 4.87. The van der Waals surface area contributed by atoms with Crippen molar-refractivity contribution in [2.75, 3.05) is 6.54 Å². The van der Waals surface area contributed by atoms with Gasteiger partial charge in [-0.05, 0) is 37.8 Å². The van der Waals surface area contributed by atoms with E-state index in [9.17, 15) is 9.59 Å². The number of carbonyl (C=O) groups excluding carboxylic acids is 2. The fraction of sp³-hybridized carbons (Fsp3) is 0.481. The molecule has 3 rings (SSSR count). The van der Waals surface area contributed by atoms with E-state index in [0.717, 1.165) is 6.54 Å². The molecule has 3 atom stereocenters. The summed E-state index contributed by atoms with van der Waals surface area (Å²) in [6.45, 7) is 13.2. The SMILES string of the molecule is CC(C)[C@@H]1N(C(=O)[C@@H](C)CN(Cc2ccccc2)[C@H](C)c2ccccc2)C(=O)OC1(C)C. The minimum atomic E-state index is -0.693. The number of rotatable bonds is 8. The van der Waals surface area contributed by atoms with Crippen LogP contribution in [0.15, 0.2) is 60.7 Å². The van der Waals surface area contributed by atoms with Crippen LogP contribution in [0.2, 0.25) is 0 Å². The van der Waals surface area contributed by atoms with Gasteiger partial charge in [-0.15, -0.1) is 0 Å². The molecule has 172 valence electrons. The Bertz CT molecular complexity index is 911. The molecule has 1 aliphatic rings. The summed E-state index contributed by atoms with van der Waals surface area (Å²) in [7, 11) is 0. The van der Waals surface area contributed by atoms with Crippen LogP contribution >= 0.6 is 0 Å². The van der Waals surface area contributed by atoms with Gasteiger partial charge in [-0.3, -0.25) is 9.69 Å². The number of hydrogen-bond donors (Lipinski definition) is 0. The quantitative estimate of drug-likeness (QED) is 0.535. The number of amides is 2. The van der Waals surface area contributed by atoms with Crippen molar-refractivity contribution in [2.24, 2.45) is 11.8 Å². The average Bonchev–Trinajstić information content (AvgIpc) is 3.01. The van der Waals surface area contributed by atoms with Crippen LogP contribution in [0, 0.1) is 11.8 Å². The Morgan fingerprint density at radius 2 is 1.56 bits per heavy atom. The molecule has 32 heavy (non-hydrogen) atoms. The molecule has 0 aliphatic carbocycles. The van der Waals surface area contributed by atoms with Crippen LogP contribution in [0.3, 0.4) is 0 Å². The molecule has 1 aliphatic heterocycles. The van der Waals surface area contributed by atoms with E-state index in [0.29, 0.717) is 6.54 Å². The van der Waals surface area contributed by atoms with Gasteiger partial charge in [-0.2, -0.15) is 0 Å². The van der Waals surface area contributed by atoms with Gasteiger partial charge < -0.3 is 4.74 Å². The normalized spacial score (nSPS) is 19.8. The number of hydrogen-bond acceptors (Lipinski definition) is 4. The molecule has 1 saturated heterocycles. The predicted octanol–water partition coefficient (Wildman–Crippen LogP) is 5.67. The van der Waals surface area contributed by atoms with Crippen molar-refractivity contribution in [3.63, 3.8) is 0 Å². The Morgan fingerprint density at radius 3 is 2.12 bits per heavy atom. The summed E-state index contributed by atoms with van der Waals surface area (Å²) in [6.07, 6.45) is -0.531. The molecule has 0 N–H and O–H groups in total. The molecule has 0 spiro atoms. The standard InChI is InChI=1S/C27H36N2O3/c1-19(2)24-27(5,6)32-26(31)29(24)25(30)20(3)17-28(18-22-13-9-7-10-14-22)21(4)23-15-11-8-12-16-23/h7-16,19-21,24H,17-18H2,1-6H3/t20-,21+,24-/m0/s1. The van der Waals surface area contributed by atoms with Crippen LogP contribution in [0.5, 0.6) is 0 Å². The van der Waals surface area contributed by atoms with Crippen LogP contribution in [0.25, 0.3) is 0 Å². The van der Waals surface area contributed by atoms with Gasteiger partial charge in [0.2, 0.25) is 5.91 Å². The maximum atomic E-state index is 13.5. The van der Waals surface area contributed by atoms with Crippen LogP contribution in [0.1, 0.15) is 58.7 Å². The lowest BCUT2D eigenvalue weighted by atomic mass is 9.88. The molecular weight excluding hydrogens is 400 g/mol. The maximum Gasteiger partial charge on any atom is 0.417 e. The van der Waals surface area contributed by atoms with Gasteiger partial charge >= 0.3 is 6.09 Å². The highest BCUT2D eigenvalue weighted by atomic mass is 16.6. The largest absolute Gasteiger partial charge is 0.441 e. The molecule has 0 aromatic heterocycles. The molecule has 0 saturated carbocycles. The second-order valence-corrected chi connectivity index (χ2v) is 9.77. The zero-order valence-corrected chi connectivity index (χ0v) is 20.1. The van der Waals surface area contributed by atoms with E-state index in [1.54, 1.807) is 0 Å². The Labute approximate surface area is 192 Å². The number of imide groups is 1. The molecule has 5 heteroatoms. The molecule has 5 nitrogen and oxygen atoms in total. The van der Waals surface area contributed by atoms with E-state index in [1.165, 1.54) is 16.0 Å². The van der Waals surface area contributed by atoms with Crippen molar-refractivity contribution in [3.8, 4) is 0 Å². The van der Waals surface area contributed by atoms with E-state index in [2.05, 4.69) is 36.1 Å². The van der Waals surface area contributed by atoms with E-state index in [-0.39, 0.29) is 29.8 Å². The van der Waals surface area contributed by atoms with Crippen molar-refractivity contribution in [1.82, 2.24) is 9.80 Å². The number of carbonyl (C=O) groups is 2. The zero-order valence-electron chi connectivity index (χ0n) is 20.1. The number of ether oxygens (including phenoxy) is 1. The molecule has 2 aromatic rings. The topological polar surface area (TPSA) is 49.9 Å². The fourth-order valence-corrected chi connectivity index (χ4v) is 4.87. The first kappa shape index (κ1) is 24.0. The highest BCUT2D eigenvalue weighted by molar-refractivity contribution is 5.95. The molecule has 1 fully saturated rings. The lowest BCUT2D eigenvalue weighted by Crippen LogP contribution is -2.50. The molecular formula is C27H36N2O3. The number of cyclic esters (lactones) is 1. The summed E-state index contributed by atoms with van der Waals surface area (Å²) in [4.78, 5) is 29.8. The van der Waals surface area contributed by atoms with Gasteiger partial charge in [-0.25, -0.2) is 9.69 Å². The van der Waals surface area contributed by atoms with Crippen molar-refractivity contribution in [2.45, 2.75) is 65.8 Å². The van der Waals surface area contributed by atoms with Gasteiger partial charge in [0.15, 0.2) is 0 Å². The van der Waals surface area contributed by atoms with Gasteiger partial charge in [0.25, 0.3) is 0 Å². The Morgan fingerprint density at radius 1 is 1.00 bits per heavy atom. The molecule has 2 amide bonds. The minimum absolute atomic E-state index is 0.108. The zero-order chi connectivity index (χ0) is 23.5. The van der Waals surface area contributed by atoms with Gasteiger partial charge in [0.05, 0.1) is 6.04 Å². The Balaban J connectivity index is 1.83. The van der Waals surface area contributed by atoms with E-state index >= 15 is 0 Å². The number of benzene rings is 2.